The molecule has 0 saturated carbocycles. The molecule has 0 fully saturated rings. The first-order chi connectivity index (χ1) is 26.9. The van der Waals surface area contributed by atoms with Crippen LogP contribution in [0.2, 0.25) is 0 Å². The summed E-state index contributed by atoms with van der Waals surface area (Å²) in [7, 11) is 0. The number of anilines is 2. The molecule has 2 aliphatic rings. The Labute approximate surface area is 323 Å². The van der Waals surface area contributed by atoms with E-state index in [1.54, 1.807) is 0 Å². The number of fused-ring (bicyclic) bond motifs is 11. The smallest absolute Gasteiger partial charge is 0.0754 e. The molecular weight excluding hydrogens is 663 g/mol. The highest BCUT2D eigenvalue weighted by Crippen LogP contribution is 2.63. The first-order valence-corrected chi connectivity index (χ1v) is 19.2. The average Bonchev–Trinajstić information content (AvgIpc) is 3.51. The summed E-state index contributed by atoms with van der Waals surface area (Å²) in [6.45, 7) is 10.6. The summed E-state index contributed by atoms with van der Waals surface area (Å²) >= 11 is 0. The Morgan fingerprint density at radius 2 is 1.00 bits per heavy atom. The van der Waals surface area contributed by atoms with Crippen molar-refractivity contribution in [3.63, 3.8) is 0 Å². The van der Waals surface area contributed by atoms with Crippen molar-refractivity contribution in [1.82, 2.24) is 0 Å². The van der Waals surface area contributed by atoms with E-state index in [1.165, 1.54) is 94.1 Å². The minimum absolute atomic E-state index is 0.574. The summed E-state index contributed by atoms with van der Waals surface area (Å²) in [5.41, 5.74) is 17.8. The normalized spacial score (nSPS) is 13.9. The monoisotopic (exact) mass is 703 g/mol. The summed E-state index contributed by atoms with van der Waals surface area (Å²) in [4.78, 5) is 2.45. The molecule has 1 heteroatoms. The van der Waals surface area contributed by atoms with Gasteiger partial charge in [0.25, 0.3) is 0 Å². The highest BCUT2D eigenvalue weighted by molar-refractivity contribution is 5.97. The Bertz CT molecular complexity index is 2810. The number of rotatable bonds is 5. The van der Waals surface area contributed by atoms with Crippen molar-refractivity contribution in [1.29, 1.82) is 0 Å². The lowest BCUT2D eigenvalue weighted by molar-refractivity contribution is 0.749. The van der Waals surface area contributed by atoms with E-state index in [9.17, 15) is 0 Å². The van der Waals surface area contributed by atoms with Crippen LogP contribution in [0, 0.1) is 6.92 Å². The molecule has 10 rings (SSSR count). The van der Waals surface area contributed by atoms with E-state index in [0.29, 0.717) is 0 Å². The highest BCUT2D eigenvalue weighted by Gasteiger charge is 2.52. The zero-order valence-electron chi connectivity index (χ0n) is 31.5. The maximum absolute atomic E-state index is 4.18. The fourth-order valence-corrected chi connectivity index (χ4v) is 9.21. The van der Waals surface area contributed by atoms with Crippen molar-refractivity contribution in [2.45, 2.75) is 26.2 Å². The van der Waals surface area contributed by atoms with E-state index < -0.39 is 5.41 Å². The van der Waals surface area contributed by atoms with Gasteiger partial charge in [-0.05, 0) is 140 Å². The van der Waals surface area contributed by atoms with Crippen LogP contribution in [0.25, 0.3) is 54.9 Å². The number of aryl methyl sites for hydroxylation is 1. The number of hydrogen-bond donors (Lipinski definition) is 0. The van der Waals surface area contributed by atoms with Crippen LogP contribution >= 0.6 is 0 Å². The van der Waals surface area contributed by atoms with E-state index in [1.807, 2.05) is 6.92 Å². The second-order valence-electron chi connectivity index (χ2n) is 15.2. The van der Waals surface area contributed by atoms with Crippen molar-refractivity contribution in [3.8, 4) is 33.4 Å². The summed E-state index contributed by atoms with van der Waals surface area (Å²) in [5, 5.41) is 5.01. The molecule has 0 amide bonds. The Morgan fingerprint density at radius 3 is 1.58 bits per heavy atom. The molecule has 1 nitrogen and oxygen atoms in total. The molecule has 0 aromatic heterocycles. The predicted molar refractivity (Wildman–Crippen MR) is 234 cm³/mol. The van der Waals surface area contributed by atoms with Crippen molar-refractivity contribution >= 4 is 32.9 Å². The zero-order valence-corrected chi connectivity index (χ0v) is 31.5. The Kier molecular flexibility index (Phi) is 7.61. The standard InChI is InChI=1S/C54H41N/c1-5-45(26-18-35(2)3)55-52-17-11-10-16-48(52)54(51-30-36(4)19-29-53(51)55)49-33-43(41-22-20-37-12-6-8-14-39(37)31-41)24-27-46(49)47-28-25-44(34-50(47)54)42-23-21-38-13-7-9-15-40(38)32-42/h5-34H,2H2,1,3-4H3/b26-18-,45-5+. The second kappa shape index (κ2) is 12.7. The number of allylic oxidation sites excluding steroid dienone is 4. The third kappa shape index (κ3) is 5.07. The van der Waals surface area contributed by atoms with E-state index in [4.69, 9.17) is 0 Å². The number of hydrogen-bond acceptors (Lipinski definition) is 1. The van der Waals surface area contributed by atoms with Crippen molar-refractivity contribution in [2.24, 2.45) is 0 Å². The molecule has 0 N–H and O–H groups in total. The van der Waals surface area contributed by atoms with E-state index in [2.05, 4.69) is 207 Å². The molecule has 0 radical (unpaired) electrons. The van der Waals surface area contributed by atoms with Gasteiger partial charge in [0.2, 0.25) is 0 Å². The lowest BCUT2D eigenvalue weighted by Crippen LogP contribution is -2.37. The lowest BCUT2D eigenvalue weighted by Gasteiger charge is -2.45. The highest BCUT2D eigenvalue weighted by atomic mass is 15.2. The molecule has 0 unspecified atom stereocenters. The van der Waals surface area contributed by atoms with E-state index in [0.717, 1.165) is 11.3 Å². The molecule has 8 aromatic rings. The van der Waals surface area contributed by atoms with Crippen LogP contribution in [-0.4, -0.2) is 0 Å². The minimum Gasteiger partial charge on any atom is -0.310 e. The molecule has 1 aliphatic carbocycles. The third-order valence-corrected chi connectivity index (χ3v) is 11.7. The van der Waals surface area contributed by atoms with Gasteiger partial charge in [-0.1, -0.05) is 157 Å². The molecule has 0 saturated heterocycles. The minimum atomic E-state index is -0.574. The summed E-state index contributed by atoms with van der Waals surface area (Å²) in [6.07, 6.45) is 6.53. The fraction of sp³-hybridized carbons (Fsp3) is 0.0741. The number of benzene rings is 8. The second-order valence-corrected chi connectivity index (χ2v) is 15.2. The van der Waals surface area contributed by atoms with Crippen LogP contribution in [0.15, 0.2) is 200 Å². The van der Waals surface area contributed by atoms with Gasteiger partial charge < -0.3 is 4.90 Å². The van der Waals surface area contributed by atoms with Crippen LogP contribution in [0.5, 0.6) is 0 Å². The maximum atomic E-state index is 4.18. The van der Waals surface area contributed by atoms with Crippen LogP contribution in [0.1, 0.15) is 41.7 Å². The van der Waals surface area contributed by atoms with Crippen LogP contribution in [0.4, 0.5) is 11.4 Å². The zero-order chi connectivity index (χ0) is 37.3. The van der Waals surface area contributed by atoms with E-state index >= 15 is 0 Å². The SMILES string of the molecule is C=C(C)/C=C\C(=C/C)N1c2ccccc2C2(c3cc(-c4ccc5ccccc5c4)ccc3-c3ccc(-c4ccc5ccccc5c4)cc32)c2cc(C)ccc21. The largest absolute Gasteiger partial charge is 0.310 e. The molecule has 1 aliphatic heterocycles. The van der Waals surface area contributed by atoms with Crippen molar-refractivity contribution in [2.75, 3.05) is 4.90 Å². The van der Waals surface area contributed by atoms with Gasteiger partial charge in [-0.25, -0.2) is 0 Å². The molecule has 1 heterocycles. The molecule has 0 bridgehead atoms. The first-order valence-electron chi connectivity index (χ1n) is 19.2. The van der Waals surface area contributed by atoms with Gasteiger partial charge in [-0.2, -0.15) is 0 Å². The Balaban J connectivity index is 1.29. The molecule has 0 atom stereocenters. The fourth-order valence-electron chi connectivity index (χ4n) is 9.21. The molecular formula is C54H41N. The van der Waals surface area contributed by atoms with Crippen molar-refractivity contribution < 1.29 is 0 Å². The summed E-state index contributed by atoms with van der Waals surface area (Å²) in [5.74, 6) is 0. The van der Waals surface area contributed by atoms with Crippen molar-refractivity contribution in [3.05, 3.63) is 228 Å². The quantitative estimate of drug-likeness (QED) is 0.161. The van der Waals surface area contributed by atoms with Gasteiger partial charge in [-0.3, -0.25) is 0 Å². The average molecular weight is 704 g/mol. The molecule has 8 aromatic carbocycles. The molecule has 1 spiro atoms. The summed E-state index contributed by atoms with van der Waals surface area (Å²) in [6, 6.07) is 61.5. The third-order valence-electron chi connectivity index (χ3n) is 11.7. The van der Waals surface area contributed by atoms with E-state index in [-0.39, 0.29) is 0 Å². The molecule has 55 heavy (non-hydrogen) atoms. The van der Waals surface area contributed by atoms with Gasteiger partial charge in [0.15, 0.2) is 0 Å². The lowest BCUT2D eigenvalue weighted by atomic mass is 9.64. The van der Waals surface area contributed by atoms with Gasteiger partial charge in [-0.15, -0.1) is 0 Å². The number of nitrogens with zero attached hydrogens (tertiary/aromatic N) is 1. The van der Waals surface area contributed by atoms with Crippen LogP contribution in [-0.2, 0) is 5.41 Å². The van der Waals surface area contributed by atoms with Gasteiger partial charge in [0.1, 0.15) is 0 Å². The van der Waals surface area contributed by atoms with Crippen LogP contribution < -0.4 is 4.90 Å². The Morgan fingerprint density at radius 1 is 0.491 bits per heavy atom. The first kappa shape index (κ1) is 32.9. The topological polar surface area (TPSA) is 3.24 Å². The number of para-hydroxylation sites is 1. The molecule has 262 valence electrons. The maximum Gasteiger partial charge on any atom is 0.0754 e. The van der Waals surface area contributed by atoms with Crippen LogP contribution in [0.3, 0.4) is 0 Å². The van der Waals surface area contributed by atoms with Gasteiger partial charge in [0, 0.05) is 5.70 Å². The van der Waals surface area contributed by atoms with Gasteiger partial charge in [0.05, 0.1) is 16.8 Å². The van der Waals surface area contributed by atoms with Gasteiger partial charge >= 0.3 is 0 Å². The summed E-state index contributed by atoms with van der Waals surface area (Å²) < 4.78 is 0. The Hall–Kier alpha value is -6.70. The predicted octanol–water partition coefficient (Wildman–Crippen LogP) is 14.5.